The maximum absolute atomic E-state index is 13.3. The average Bonchev–Trinajstić information content (AvgIpc) is 2.70. The highest BCUT2D eigenvalue weighted by Crippen LogP contribution is 2.31. The smallest absolute Gasteiger partial charge is 0.414 e. The minimum absolute atomic E-state index is 0.00443. The zero-order chi connectivity index (χ0) is 20.9. The predicted octanol–water partition coefficient (Wildman–Crippen LogP) is 4.23. The molecule has 5 nitrogen and oxygen atoms in total. The number of rotatable bonds is 6. The van der Waals surface area contributed by atoms with E-state index in [0.29, 0.717) is 11.4 Å². The lowest BCUT2D eigenvalue weighted by molar-refractivity contribution is -0.156. The second-order valence-corrected chi connectivity index (χ2v) is 5.99. The summed E-state index contributed by atoms with van der Waals surface area (Å²) in [6.45, 7) is 0.00443. The summed E-state index contributed by atoms with van der Waals surface area (Å²) >= 11 is 0. The number of halogens is 4. The third kappa shape index (κ3) is 5.50. The summed E-state index contributed by atoms with van der Waals surface area (Å²) < 4.78 is 58.5. The van der Waals surface area contributed by atoms with E-state index in [2.05, 4.69) is 9.97 Å². The fraction of sp³-hybridized carbons (Fsp3) is 0.150. The lowest BCUT2D eigenvalue weighted by Crippen LogP contribution is -2.38. The van der Waals surface area contributed by atoms with Crippen molar-refractivity contribution in [2.75, 3.05) is 0 Å². The normalized spacial score (nSPS) is 12.3. The zero-order valence-electron chi connectivity index (χ0n) is 14.9. The van der Waals surface area contributed by atoms with Crippen LogP contribution in [0.1, 0.15) is 27.8 Å². The van der Waals surface area contributed by atoms with Crippen molar-refractivity contribution in [3.8, 4) is 5.75 Å². The van der Waals surface area contributed by atoms with E-state index in [-0.39, 0.29) is 17.9 Å². The van der Waals surface area contributed by atoms with Crippen LogP contribution in [0.5, 0.6) is 5.75 Å². The van der Waals surface area contributed by atoms with Gasteiger partial charge >= 0.3 is 6.18 Å². The molecule has 150 valence electrons. The summed E-state index contributed by atoms with van der Waals surface area (Å²) in [5, 5.41) is 1.93. The molecular formula is C20H15F4N3O2. The van der Waals surface area contributed by atoms with Crippen LogP contribution in [0.4, 0.5) is 17.6 Å². The van der Waals surface area contributed by atoms with Gasteiger partial charge in [0.05, 0.1) is 17.0 Å². The first kappa shape index (κ1) is 20.2. The second kappa shape index (κ2) is 8.68. The summed E-state index contributed by atoms with van der Waals surface area (Å²) in [6.07, 6.45) is -2.35. The van der Waals surface area contributed by atoms with Crippen LogP contribution in [-0.4, -0.2) is 22.1 Å². The lowest BCUT2D eigenvalue weighted by atomic mass is 10.1. The Morgan fingerprint density at radius 1 is 1.07 bits per heavy atom. The van der Waals surface area contributed by atoms with E-state index >= 15 is 0 Å². The van der Waals surface area contributed by atoms with Gasteiger partial charge in [-0.15, -0.1) is 0 Å². The van der Waals surface area contributed by atoms with E-state index in [1.165, 1.54) is 54.7 Å². The first-order valence-electron chi connectivity index (χ1n) is 8.45. The Morgan fingerprint density at radius 3 is 2.52 bits per heavy atom. The Balaban J connectivity index is 1.66. The summed E-state index contributed by atoms with van der Waals surface area (Å²) in [4.78, 5) is 19.9. The van der Waals surface area contributed by atoms with Gasteiger partial charge in [-0.25, -0.2) is 4.39 Å². The van der Waals surface area contributed by atoms with Crippen LogP contribution in [-0.2, 0) is 6.61 Å². The third-order valence-electron chi connectivity index (χ3n) is 3.86. The van der Waals surface area contributed by atoms with Crippen molar-refractivity contribution in [1.82, 2.24) is 15.3 Å². The number of amides is 1. The second-order valence-electron chi connectivity index (χ2n) is 5.99. The Morgan fingerprint density at radius 2 is 1.90 bits per heavy atom. The van der Waals surface area contributed by atoms with Gasteiger partial charge in [0.15, 0.2) is 6.04 Å². The van der Waals surface area contributed by atoms with Crippen molar-refractivity contribution in [2.24, 2.45) is 0 Å². The monoisotopic (exact) mass is 405 g/mol. The molecule has 0 aliphatic heterocycles. The van der Waals surface area contributed by atoms with E-state index in [1.54, 1.807) is 6.07 Å². The van der Waals surface area contributed by atoms with Gasteiger partial charge in [0.2, 0.25) is 0 Å². The summed E-state index contributed by atoms with van der Waals surface area (Å²) in [5.74, 6) is -1.09. The third-order valence-corrected chi connectivity index (χ3v) is 3.86. The number of ether oxygens (including phenoxy) is 1. The van der Waals surface area contributed by atoms with Crippen molar-refractivity contribution in [3.63, 3.8) is 0 Å². The van der Waals surface area contributed by atoms with Gasteiger partial charge in [-0.05, 0) is 36.4 Å². The predicted molar refractivity (Wildman–Crippen MR) is 95.5 cm³/mol. The Bertz CT molecular complexity index is 963. The van der Waals surface area contributed by atoms with E-state index < -0.39 is 23.9 Å². The highest BCUT2D eigenvalue weighted by Gasteiger charge is 2.42. The number of carbonyl (C=O) groups excluding carboxylic acids is 1. The lowest BCUT2D eigenvalue weighted by Gasteiger charge is -2.21. The molecule has 0 saturated heterocycles. The number of hydrogen-bond donors (Lipinski definition) is 1. The van der Waals surface area contributed by atoms with Crippen molar-refractivity contribution < 1.29 is 27.1 Å². The molecule has 1 aromatic carbocycles. The molecule has 0 saturated carbocycles. The van der Waals surface area contributed by atoms with Crippen molar-refractivity contribution in [1.29, 1.82) is 0 Å². The summed E-state index contributed by atoms with van der Waals surface area (Å²) in [7, 11) is 0. The van der Waals surface area contributed by atoms with E-state index in [4.69, 9.17) is 4.74 Å². The number of alkyl halides is 3. The quantitative estimate of drug-likeness (QED) is 0.624. The van der Waals surface area contributed by atoms with E-state index in [9.17, 15) is 22.4 Å². The molecule has 1 unspecified atom stereocenters. The molecule has 29 heavy (non-hydrogen) atoms. The molecule has 0 aliphatic rings. The first-order valence-corrected chi connectivity index (χ1v) is 8.45. The topological polar surface area (TPSA) is 64.1 Å². The molecule has 0 aliphatic carbocycles. The van der Waals surface area contributed by atoms with Crippen LogP contribution in [0.15, 0.2) is 67.0 Å². The van der Waals surface area contributed by atoms with Gasteiger partial charge in [-0.2, -0.15) is 13.2 Å². The molecule has 2 aromatic heterocycles. The largest absolute Gasteiger partial charge is 0.487 e. The van der Waals surface area contributed by atoms with Crippen molar-refractivity contribution >= 4 is 5.91 Å². The van der Waals surface area contributed by atoms with E-state index in [0.717, 1.165) is 6.20 Å². The molecule has 3 aromatic rings. The van der Waals surface area contributed by atoms with Gasteiger partial charge in [-0.1, -0.05) is 12.1 Å². The maximum Gasteiger partial charge on any atom is 0.414 e. The SMILES string of the molecule is O=C(NC(c1ccccn1)C(F)(F)F)c1ccc(COc2cccc(F)c2)nc1. The minimum Gasteiger partial charge on any atom is -0.487 e. The van der Waals surface area contributed by atoms with Crippen LogP contribution in [0, 0.1) is 5.82 Å². The first-order chi connectivity index (χ1) is 13.8. The van der Waals surface area contributed by atoms with Crippen LogP contribution in [0.25, 0.3) is 0 Å². The van der Waals surface area contributed by atoms with Crippen LogP contribution < -0.4 is 10.1 Å². The van der Waals surface area contributed by atoms with Gasteiger partial charge < -0.3 is 10.1 Å². The van der Waals surface area contributed by atoms with E-state index in [1.807, 2.05) is 5.32 Å². The highest BCUT2D eigenvalue weighted by molar-refractivity contribution is 5.94. The molecule has 1 amide bonds. The number of nitrogens with one attached hydrogen (secondary N) is 1. The molecule has 2 heterocycles. The molecule has 0 bridgehead atoms. The number of carbonyl (C=O) groups is 1. The number of pyridine rings is 2. The summed E-state index contributed by atoms with van der Waals surface area (Å²) in [6, 6.07) is 10.1. The molecule has 1 N–H and O–H groups in total. The van der Waals surface area contributed by atoms with Crippen LogP contribution in [0.2, 0.25) is 0 Å². The molecule has 0 fully saturated rings. The zero-order valence-corrected chi connectivity index (χ0v) is 14.9. The standard InChI is InChI=1S/C20H15F4N3O2/c21-14-4-3-5-16(10-14)29-12-15-8-7-13(11-26-15)19(28)27-18(20(22,23)24)17-6-1-2-9-25-17/h1-11,18H,12H2,(H,27,28). The fourth-order valence-electron chi connectivity index (χ4n) is 2.44. The molecule has 9 heteroatoms. The minimum atomic E-state index is -4.71. The molecule has 0 spiro atoms. The van der Waals surface area contributed by atoms with Crippen LogP contribution in [0.3, 0.4) is 0 Å². The average molecular weight is 405 g/mol. The molecular weight excluding hydrogens is 390 g/mol. The van der Waals surface area contributed by atoms with Crippen molar-refractivity contribution in [3.05, 3.63) is 89.8 Å². The Kier molecular flexibility index (Phi) is 6.06. The number of benzene rings is 1. The van der Waals surface area contributed by atoms with Gasteiger partial charge in [0.25, 0.3) is 5.91 Å². The highest BCUT2D eigenvalue weighted by atomic mass is 19.4. The van der Waals surface area contributed by atoms with Gasteiger partial charge in [0.1, 0.15) is 18.2 Å². The number of nitrogens with zero attached hydrogens (tertiary/aromatic N) is 2. The number of hydrogen-bond acceptors (Lipinski definition) is 4. The molecule has 0 radical (unpaired) electrons. The molecule has 1 atom stereocenters. The number of aromatic nitrogens is 2. The van der Waals surface area contributed by atoms with Crippen molar-refractivity contribution in [2.45, 2.75) is 18.8 Å². The van der Waals surface area contributed by atoms with Gasteiger partial charge in [0, 0.05) is 18.5 Å². The van der Waals surface area contributed by atoms with Gasteiger partial charge in [-0.3, -0.25) is 14.8 Å². The fourth-order valence-corrected chi connectivity index (χ4v) is 2.44. The molecule has 3 rings (SSSR count). The Hall–Kier alpha value is -3.49. The Labute approximate surface area is 163 Å². The maximum atomic E-state index is 13.3. The van der Waals surface area contributed by atoms with Crippen LogP contribution >= 0.6 is 0 Å². The summed E-state index contributed by atoms with van der Waals surface area (Å²) in [5.41, 5.74) is 0.0500.